The smallest absolute Gasteiger partial charge is 0.0863 e. The molecule has 5 heteroatoms. The number of halogens is 1. The Morgan fingerprint density at radius 3 is 2.52 bits per heavy atom. The van der Waals surface area contributed by atoms with E-state index >= 15 is 0 Å². The minimum absolute atomic E-state index is 0.718. The van der Waals surface area contributed by atoms with Crippen molar-refractivity contribution in [3.63, 3.8) is 0 Å². The van der Waals surface area contributed by atoms with Gasteiger partial charge >= 0.3 is 0 Å². The van der Waals surface area contributed by atoms with Crippen molar-refractivity contribution in [2.45, 2.75) is 51.6 Å². The van der Waals surface area contributed by atoms with Crippen molar-refractivity contribution in [1.29, 1.82) is 0 Å². The van der Waals surface area contributed by atoms with Crippen LogP contribution in [0.3, 0.4) is 0 Å². The second-order valence-corrected chi connectivity index (χ2v) is 6.96. The van der Waals surface area contributed by atoms with Crippen LogP contribution in [0.2, 0.25) is 5.02 Å². The molecule has 2 heterocycles. The maximum atomic E-state index is 6.45. The third-order valence-corrected chi connectivity index (χ3v) is 5.29. The number of aryl methyl sites for hydroxylation is 2. The van der Waals surface area contributed by atoms with Crippen LogP contribution >= 0.6 is 11.6 Å². The van der Waals surface area contributed by atoms with Crippen LogP contribution < -0.4 is 5.32 Å². The van der Waals surface area contributed by atoms with E-state index in [9.17, 15) is 0 Å². The first-order valence-corrected chi connectivity index (χ1v) is 8.71. The quantitative estimate of drug-likeness (QED) is 0.877. The van der Waals surface area contributed by atoms with Crippen molar-refractivity contribution in [2.24, 2.45) is 13.0 Å². The van der Waals surface area contributed by atoms with Gasteiger partial charge in [-0.2, -0.15) is 5.10 Å². The molecule has 1 aromatic rings. The van der Waals surface area contributed by atoms with Crippen molar-refractivity contribution >= 4 is 11.6 Å². The molecule has 2 fully saturated rings. The highest BCUT2D eigenvalue weighted by atomic mass is 35.5. The van der Waals surface area contributed by atoms with Crippen LogP contribution in [0.5, 0.6) is 0 Å². The van der Waals surface area contributed by atoms with Gasteiger partial charge in [0.25, 0.3) is 0 Å². The molecule has 1 saturated heterocycles. The molecule has 0 aromatic carbocycles. The average Bonchev–Trinajstić information content (AvgIpc) is 3.28. The lowest BCUT2D eigenvalue weighted by molar-refractivity contribution is 0.186. The summed E-state index contributed by atoms with van der Waals surface area (Å²) in [7, 11) is 2.00. The van der Waals surface area contributed by atoms with Gasteiger partial charge in [-0.25, -0.2) is 0 Å². The topological polar surface area (TPSA) is 33.1 Å². The van der Waals surface area contributed by atoms with E-state index in [4.69, 9.17) is 11.6 Å². The molecule has 1 saturated carbocycles. The van der Waals surface area contributed by atoms with Gasteiger partial charge in [-0.05, 0) is 44.6 Å². The Bertz CT molecular complexity index is 473. The molecule has 2 aliphatic rings. The Morgan fingerprint density at radius 1 is 1.24 bits per heavy atom. The predicted octanol–water partition coefficient (Wildman–Crippen LogP) is 2.60. The summed E-state index contributed by atoms with van der Waals surface area (Å²) in [6, 6.07) is 0.718. The molecule has 1 aliphatic carbocycles. The lowest BCUT2D eigenvalue weighted by Gasteiger charge is -2.32. The van der Waals surface area contributed by atoms with Crippen LogP contribution in [0.4, 0.5) is 0 Å². The summed E-state index contributed by atoms with van der Waals surface area (Å²) in [6.45, 7) is 6.58. The van der Waals surface area contributed by atoms with E-state index in [0.29, 0.717) is 0 Å². The number of likely N-dealkylation sites (tertiary alicyclic amines) is 1. The van der Waals surface area contributed by atoms with E-state index in [-0.39, 0.29) is 0 Å². The molecule has 21 heavy (non-hydrogen) atoms. The molecule has 0 unspecified atom stereocenters. The van der Waals surface area contributed by atoms with Gasteiger partial charge in [-0.15, -0.1) is 0 Å². The van der Waals surface area contributed by atoms with E-state index in [1.54, 1.807) is 0 Å². The summed E-state index contributed by atoms with van der Waals surface area (Å²) < 4.78 is 1.96. The highest BCUT2D eigenvalue weighted by Gasteiger charge is 2.25. The van der Waals surface area contributed by atoms with Crippen molar-refractivity contribution < 1.29 is 0 Å². The second kappa shape index (κ2) is 6.67. The van der Waals surface area contributed by atoms with E-state index < -0.39 is 0 Å². The third-order valence-electron chi connectivity index (χ3n) is 4.86. The molecule has 0 bridgehead atoms. The Kier molecular flexibility index (Phi) is 4.87. The summed E-state index contributed by atoms with van der Waals surface area (Å²) >= 11 is 6.45. The molecule has 1 N–H and O–H groups in total. The van der Waals surface area contributed by atoms with E-state index in [1.807, 2.05) is 11.7 Å². The lowest BCUT2D eigenvalue weighted by Crippen LogP contribution is -2.42. The molecule has 3 rings (SSSR count). The van der Waals surface area contributed by atoms with Gasteiger partial charge in [-0.3, -0.25) is 9.58 Å². The maximum Gasteiger partial charge on any atom is 0.0863 e. The zero-order valence-electron chi connectivity index (χ0n) is 13.2. The van der Waals surface area contributed by atoms with E-state index in [1.165, 1.54) is 32.2 Å². The third kappa shape index (κ3) is 3.79. The van der Waals surface area contributed by atoms with Crippen LogP contribution in [0, 0.1) is 5.92 Å². The molecule has 0 atom stereocenters. The molecule has 118 valence electrons. The minimum atomic E-state index is 0.718. The molecule has 0 amide bonds. The summed E-state index contributed by atoms with van der Waals surface area (Å²) in [4.78, 5) is 2.51. The highest BCUT2D eigenvalue weighted by Crippen LogP contribution is 2.28. The number of hydrogen-bond acceptors (Lipinski definition) is 3. The van der Waals surface area contributed by atoms with Gasteiger partial charge in [0.15, 0.2) is 0 Å². The molecular formula is C16H27ClN4. The summed E-state index contributed by atoms with van der Waals surface area (Å²) in [6.07, 6.45) is 6.28. The first-order chi connectivity index (χ1) is 10.2. The average molecular weight is 311 g/mol. The zero-order valence-corrected chi connectivity index (χ0v) is 14.0. The monoisotopic (exact) mass is 310 g/mol. The van der Waals surface area contributed by atoms with Crippen LogP contribution in [-0.4, -0.2) is 40.4 Å². The predicted molar refractivity (Wildman–Crippen MR) is 86.6 cm³/mol. The number of aromatic nitrogens is 2. The second-order valence-electron chi connectivity index (χ2n) is 6.59. The standard InChI is InChI=1S/C16H27ClN4/c1-3-14-16(17)15(20(2)19-14)11-21-8-6-13(7-9-21)18-10-12-4-5-12/h12-13,18H,3-11H2,1-2H3. The number of hydrogen-bond donors (Lipinski definition) is 1. The van der Waals surface area contributed by atoms with Gasteiger partial charge in [0.1, 0.15) is 0 Å². The van der Waals surface area contributed by atoms with E-state index in [2.05, 4.69) is 22.2 Å². The van der Waals surface area contributed by atoms with Crippen LogP contribution in [-0.2, 0) is 20.0 Å². The number of piperidine rings is 1. The van der Waals surface area contributed by atoms with E-state index in [0.717, 1.165) is 54.4 Å². The van der Waals surface area contributed by atoms with Crippen molar-refractivity contribution in [2.75, 3.05) is 19.6 Å². The molecule has 1 aromatic heterocycles. The van der Waals surface area contributed by atoms with Crippen molar-refractivity contribution in [3.05, 3.63) is 16.4 Å². The summed E-state index contributed by atoms with van der Waals surface area (Å²) in [5.41, 5.74) is 2.19. The largest absolute Gasteiger partial charge is 0.314 e. The normalized spacial score (nSPS) is 21.1. The first-order valence-electron chi connectivity index (χ1n) is 8.33. The first kappa shape index (κ1) is 15.3. The Morgan fingerprint density at radius 2 is 1.95 bits per heavy atom. The zero-order chi connectivity index (χ0) is 14.8. The van der Waals surface area contributed by atoms with Gasteiger partial charge in [0.05, 0.1) is 16.4 Å². The molecule has 0 radical (unpaired) electrons. The summed E-state index contributed by atoms with van der Waals surface area (Å²) in [5, 5.41) is 9.11. The maximum absolute atomic E-state index is 6.45. The number of nitrogens with one attached hydrogen (secondary N) is 1. The van der Waals surface area contributed by atoms with Crippen LogP contribution in [0.15, 0.2) is 0 Å². The Balaban J connectivity index is 1.49. The lowest BCUT2D eigenvalue weighted by atomic mass is 10.0. The number of nitrogens with zero attached hydrogens (tertiary/aromatic N) is 3. The van der Waals surface area contributed by atoms with Gasteiger partial charge in [0, 0.05) is 32.7 Å². The fraction of sp³-hybridized carbons (Fsp3) is 0.812. The van der Waals surface area contributed by atoms with Crippen molar-refractivity contribution in [3.8, 4) is 0 Å². The number of rotatable bonds is 6. The van der Waals surface area contributed by atoms with Gasteiger partial charge in [-0.1, -0.05) is 18.5 Å². The fourth-order valence-corrected chi connectivity index (χ4v) is 3.51. The van der Waals surface area contributed by atoms with Gasteiger partial charge < -0.3 is 5.32 Å². The molecule has 1 aliphatic heterocycles. The van der Waals surface area contributed by atoms with Crippen molar-refractivity contribution in [1.82, 2.24) is 20.0 Å². The Hall–Kier alpha value is -0.580. The highest BCUT2D eigenvalue weighted by molar-refractivity contribution is 6.31. The molecular weight excluding hydrogens is 284 g/mol. The van der Waals surface area contributed by atoms with Crippen LogP contribution in [0.25, 0.3) is 0 Å². The fourth-order valence-electron chi connectivity index (χ4n) is 3.15. The molecule has 4 nitrogen and oxygen atoms in total. The molecule has 0 spiro atoms. The van der Waals surface area contributed by atoms with Gasteiger partial charge in [0.2, 0.25) is 0 Å². The van der Waals surface area contributed by atoms with Crippen LogP contribution in [0.1, 0.15) is 44.0 Å². The minimum Gasteiger partial charge on any atom is -0.314 e. The SMILES string of the molecule is CCc1nn(C)c(CN2CCC(NCC3CC3)CC2)c1Cl. The summed E-state index contributed by atoms with van der Waals surface area (Å²) in [5.74, 6) is 0.976. The Labute approximate surface area is 132 Å².